The van der Waals surface area contributed by atoms with Crippen LogP contribution in [0.3, 0.4) is 0 Å². The molecule has 5 aromatic rings. The molecule has 10 rings (SSSR count). The molecule has 2 aromatic heterocycles. The van der Waals surface area contributed by atoms with E-state index in [1.165, 1.54) is 12.8 Å². The van der Waals surface area contributed by atoms with Crippen LogP contribution in [0.4, 0.5) is 13.6 Å². The maximum absolute atomic E-state index is 16.3. The Kier molecular flexibility index (Phi) is 7.07. The Bertz CT molecular complexity index is 2320. The third kappa shape index (κ3) is 5.14. The number of piperidine rings is 1. The van der Waals surface area contributed by atoms with E-state index >= 15 is 8.78 Å². The molecule has 5 aliphatic rings. The second-order valence-corrected chi connectivity index (χ2v) is 16.5. The van der Waals surface area contributed by atoms with E-state index in [9.17, 15) is 14.7 Å². The molecule has 4 fully saturated rings. The van der Waals surface area contributed by atoms with E-state index < -0.39 is 18.1 Å². The molecule has 53 heavy (non-hydrogen) atoms. The average Bonchev–Trinajstić information content (AvgIpc) is 3.80. The van der Waals surface area contributed by atoms with Crippen LogP contribution in [-0.4, -0.2) is 55.6 Å². The lowest BCUT2D eigenvalue weighted by molar-refractivity contribution is -0.139. The number of likely N-dealkylation sites (tertiary alicyclic amines) is 1. The zero-order valence-corrected chi connectivity index (χ0v) is 29.7. The second-order valence-electron chi connectivity index (χ2n) is 16.5. The molecular formula is C42H42F2N6O3. The largest absolute Gasteiger partial charge is 0.465 e. The number of hydrogen-bond acceptors (Lipinski definition) is 4. The number of imidazole rings is 1. The SMILES string of the molecule is CC(C)C(NC(=O)O)C(=O)N1C2CCC(C2)C1c1nc2ccc(-c3ccc4c(c3)C(F)(F)c3cc(-c5ccc(C6CC7(CC7)CN6)[nH]5)ccc3-4)cc2[nH]1. The van der Waals surface area contributed by atoms with Gasteiger partial charge in [-0.2, -0.15) is 8.78 Å². The Labute approximate surface area is 305 Å². The summed E-state index contributed by atoms with van der Waals surface area (Å²) in [5.41, 5.74) is 7.20. The van der Waals surface area contributed by atoms with Crippen LogP contribution >= 0.6 is 0 Å². The van der Waals surface area contributed by atoms with Gasteiger partial charge < -0.3 is 30.6 Å². The number of fused-ring (bicyclic) bond motifs is 6. The van der Waals surface area contributed by atoms with Gasteiger partial charge in [-0.3, -0.25) is 4.79 Å². The highest BCUT2D eigenvalue weighted by Gasteiger charge is 2.52. The fourth-order valence-corrected chi connectivity index (χ4v) is 9.86. The zero-order chi connectivity index (χ0) is 36.4. The first kappa shape index (κ1) is 32.6. The molecule has 5 N–H and O–H groups in total. The maximum atomic E-state index is 16.3. The molecule has 1 spiro atoms. The number of carbonyl (C=O) groups is 2. The third-order valence-corrected chi connectivity index (χ3v) is 12.9. The number of rotatable bonds is 7. The molecule has 272 valence electrons. The van der Waals surface area contributed by atoms with Crippen LogP contribution < -0.4 is 10.6 Å². The number of benzene rings is 3. The van der Waals surface area contributed by atoms with Crippen LogP contribution in [-0.2, 0) is 10.7 Å². The summed E-state index contributed by atoms with van der Waals surface area (Å²) in [4.78, 5) is 39.1. The van der Waals surface area contributed by atoms with Crippen LogP contribution in [0.2, 0.25) is 0 Å². The predicted octanol–water partition coefficient (Wildman–Crippen LogP) is 8.50. The Morgan fingerprint density at radius 2 is 1.64 bits per heavy atom. The van der Waals surface area contributed by atoms with Crippen molar-refractivity contribution in [1.82, 2.24) is 30.5 Å². The number of halogens is 2. The van der Waals surface area contributed by atoms with E-state index in [1.54, 1.807) is 18.2 Å². The number of aromatic amines is 2. The smallest absolute Gasteiger partial charge is 0.405 e. The van der Waals surface area contributed by atoms with Crippen LogP contribution in [0.15, 0.2) is 66.7 Å². The van der Waals surface area contributed by atoms with Gasteiger partial charge >= 0.3 is 6.09 Å². The molecule has 3 aromatic carbocycles. The van der Waals surface area contributed by atoms with Gasteiger partial charge in [0.1, 0.15) is 11.9 Å². The Morgan fingerprint density at radius 1 is 0.925 bits per heavy atom. The summed E-state index contributed by atoms with van der Waals surface area (Å²) >= 11 is 0. The number of nitrogens with one attached hydrogen (secondary N) is 4. The van der Waals surface area contributed by atoms with E-state index in [0.717, 1.165) is 65.8 Å². The number of alkyl halides is 2. The quantitative estimate of drug-likeness (QED) is 0.116. The number of hydrogen-bond donors (Lipinski definition) is 5. The molecule has 4 heterocycles. The van der Waals surface area contributed by atoms with Crippen molar-refractivity contribution in [3.63, 3.8) is 0 Å². The van der Waals surface area contributed by atoms with Crippen molar-refractivity contribution >= 4 is 23.0 Å². The molecule has 9 nitrogen and oxygen atoms in total. The minimum atomic E-state index is -3.16. The molecule has 2 saturated heterocycles. The first-order valence-corrected chi connectivity index (χ1v) is 18.9. The van der Waals surface area contributed by atoms with Crippen molar-refractivity contribution < 1.29 is 23.5 Å². The number of carboxylic acid groups (broad SMARTS) is 1. The lowest BCUT2D eigenvalue weighted by Crippen LogP contribution is -2.53. The van der Waals surface area contributed by atoms with Crippen molar-refractivity contribution in [2.45, 2.75) is 82.5 Å². The van der Waals surface area contributed by atoms with Gasteiger partial charge in [0.25, 0.3) is 5.92 Å². The van der Waals surface area contributed by atoms with Gasteiger partial charge in [0.05, 0.1) is 17.1 Å². The van der Waals surface area contributed by atoms with Gasteiger partial charge in [0, 0.05) is 41.1 Å². The molecule has 5 atom stereocenters. The van der Waals surface area contributed by atoms with Crippen molar-refractivity contribution in [2.24, 2.45) is 17.3 Å². The standard InChI is InChI=1S/C42H42F2N6O3/c1-21(2)36(49-40(52)53)39(51)50-26-7-3-25(15-26)37(50)38-47-32-10-6-23(18-34(32)48-38)22-4-8-27-28-9-5-24(17-30(28)42(43,44)29(27)16-22)31-11-12-33(46-31)35-19-41(13-14-41)20-45-35/h4-6,8-12,16-18,21,25-26,35-37,45-46,49H,3,7,13-15,19-20H2,1-2H3,(H,47,48)(H,52,53). The molecule has 2 aliphatic heterocycles. The van der Waals surface area contributed by atoms with E-state index in [-0.39, 0.29) is 47.0 Å². The van der Waals surface area contributed by atoms with Crippen molar-refractivity contribution in [1.29, 1.82) is 0 Å². The molecule has 2 bridgehead atoms. The molecule has 3 aliphatic carbocycles. The molecule has 2 saturated carbocycles. The highest BCUT2D eigenvalue weighted by molar-refractivity contribution is 5.88. The lowest BCUT2D eigenvalue weighted by atomic mass is 9.95. The Hall–Kier alpha value is -5.03. The summed E-state index contributed by atoms with van der Waals surface area (Å²) in [6, 6.07) is 19.7. The van der Waals surface area contributed by atoms with Gasteiger partial charge in [-0.25, -0.2) is 9.78 Å². The third-order valence-electron chi connectivity index (χ3n) is 12.9. The Balaban J connectivity index is 0.926. The first-order chi connectivity index (χ1) is 25.5. The highest BCUT2D eigenvalue weighted by atomic mass is 19.3. The van der Waals surface area contributed by atoms with Crippen molar-refractivity contribution in [2.75, 3.05) is 6.54 Å². The Morgan fingerprint density at radius 3 is 2.36 bits per heavy atom. The number of H-pyrrole nitrogens is 2. The van der Waals surface area contributed by atoms with Gasteiger partial charge in [0.15, 0.2) is 0 Å². The van der Waals surface area contributed by atoms with Gasteiger partial charge in [-0.15, -0.1) is 0 Å². The van der Waals surface area contributed by atoms with Crippen LogP contribution in [0.1, 0.15) is 87.1 Å². The molecule has 2 amide bonds. The second kappa shape index (κ2) is 11.5. The first-order valence-electron chi connectivity index (χ1n) is 18.9. The highest BCUT2D eigenvalue weighted by Crippen LogP contribution is 2.56. The fourth-order valence-electron chi connectivity index (χ4n) is 9.86. The average molecular weight is 717 g/mol. The minimum Gasteiger partial charge on any atom is -0.465 e. The van der Waals surface area contributed by atoms with E-state index in [4.69, 9.17) is 4.98 Å². The van der Waals surface area contributed by atoms with Crippen LogP contribution in [0.5, 0.6) is 0 Å². The van der Waals surface area contributed by atoms with Crippen LogP contribution in [0, 0.1) is 17.3 Å². The van der Waals surface area contributed by atoms with Crippen LogP contribution in [0.25, 0.3) is 44.5 Å². The number of nitrogens with zero attached hydrogens (tertiary/aromatic N) is 2. The fraction of sp³-hybridized carbons (Fsp3) is 0.405. The topological polar surface area (TPSA) is 126 Å². The van der Waals surface area contributed by atoms with Crippen molar-refractivity contribution in [3.8, 4) is 33.5 Å². The van der Waals surface area contributed by atoms with Gasteiger partial charge in [0.2, 0.25) is 5.91 Å². The predicted molar refractivity (Wildman–Crippen MR) is 197 cm³/mol. The molecule has 5 unspecified atom stereocenters. The number of amides is 2. The monoisotopic (exact) mass is 716 g/mol. The normalized spacial score (nSPS) is 25.0. The summed E-state index contributed by atoms with van der Waals surface area (Å²) in [5, 5.41) is 15.5. The van der Waals surface area contributed by atoms with Crippen molar-refractivity contribution in [3.05, 3.63) is 89.4 Å². The number of carbonyl (C=O) groups excluding carboxylic acids is 1. The lowest BCUT2D eigenvalue weighted by Gasteiger charge is -2.37. The summed E-state index contributed by atoms with van der Waals surface area (Å²) in [6.07, 6.45) is 5.17. The maximum Gasteiger partial charge on any atom is 0.405 e. The summed E-state index contributed by atoms with van der Waals surface area (Å²) < 4.78 is 32.7. The molecule has 0 radical (unpaired) electrons. The summed E-state index contributed by atoms with van der Waals surface area (Å²) in [6.45, 7) is 4.72. The summed E-state index contributed by atoms with van der Waals surface area (Å²) in [5.74, 6) is -2.71. The van der Waals surface area contributed by atoms with E-state index in [0.29, 0.717) is 27.9 Å². The van der Waals surface area contributed by atoms with E-state index in [2.05, 4.69) is 26.7 Å². The molecule has 11 heteroatoms. The van der Waals surface area contributed by atoms with Gasteiger partial charge in [-0.1, -0.05) is 44.2 Å². The number of aromatic nitrogens is 3. The molecular weight excluding hydrogens is 674 g/mol. The van der Waals surface area contributed by atoms with E-state index in [1.807, 2.05) is 61.2 Å². The minimum absolute atomic E-state index is 0.00424. The zero-order valence-electron chi connectivity index (χ0n) is 29.7. The summed E-state index contributed by atoms with van der Waals surface area (Å²) in [7, 11) is 0. The van der Waals surface area contributed by atoms with Gasteiger partial charge in [-0.05, 0) is 120 Å².